The van der Waals surface area contributed by atoms with E-state index in [1.54, 1.807) is 0 Å². The van der Waals surface area contributed by atoms with Gasteiger partial charge in [0.2, 0.25) is 0 Å². The lowest BCUT2D eigenvalue weighted by molar-refractivity contribution is -0.141. The topological polar surface area (TPSA) is 63.3 Å². The molecule has 21 heavy (non-hydrogen) atoms. The van der Waals surface area contributed by atoms with Crippen molar-refractivity contribution in [2.45, 2.75) is 53.4 Å². The van der Waals surface area contributed by atoms with Crippen LogP contribution in [0.3, 0.4) is 0 Å². The van der Waals surface area contributed by atoms with E-state index >= 15 is 0 Å². The van der Waals surface area contributed by atoms with Crippen LogP contribution in [0.25, 0.3) is 0 Å². The second-order valence-electron chi connectivity index (χ2n) is 6.30. The van der Waals surface area contributed by atoms with Gasteiger partial charge in [-0.2, -0.15) is 0 Å². The lowest BCUT2D eigenvalue weighted by Crippen LogP contribution is -2.25. The first-order valence-electron chi connectivity index (χ1n) is 7.85. The second kappa shape index (κ2) is 8.18. The van der Waals surface area contributed by atoms with E-state index in [0.29, 0.717) is 12.3 Å². The average molecular weight is 291 g/mol. The summed E-state index contributed by atoms with van der Waals surface area (Å²) < 4.78 is 0. The number of aliphatic carboxylic acids is 1. The lowest BCUT2D eigenvalue weighted by Gasteiger charge is -2.17. The van der Waals surface area contributed by atoms with Crippen molar-refractivity contribution in [3.8, 4) is 0 Å². The predicted molar refractivity (Wildman–Crippen MR) is 87.6 cm³/mol. The Balaban J connectivity index is 2.47. The van der Waals surface area contributed by atoms with Crippen molar-refractivity contribution in [1.82, 2.24) is 0 Å². The summed E-state index contributed by atoms with van der Waals surface area (Å²) >= 11 is 0. The molecule has 1 aromatic rings. The van der Waals surface area contributed by atoms with E-state index in [2.05, 4.69) is 39.8 Å². The summed E-state index contributed by atoms with van der Waals surface area (Å²) in [6, 6.07) is 4.41. The Morgan fingerprint density at radius 3 is 2.48 bits per heavy atom. The first-order chi connectivity index (χ1) is 9.86. The number of hydrogen-bond acceptors (Lipinski definition) is 2. The fourth-order valence-corrected chi connectivity index (χ4v) is 2.83. The molecule has 3 N–H and O–H groups in total. The molecule has 1 rings (SSSR count). The SMILES string of the molecule is Cc1ccc(CCCC(C)CC(CN)C(=O)O)c(C)c1C. The second-order valence-corrected chi connectivity index (χ2v) is 6.30. The molecule has 0 amide bonds. The van der Waals surface area contributed by atoms with Crippen LogP contribution < -0.4 is 5.73 Å². The van der Waals surface area contributed by atoms with E-state index in [1.165, 1.54) is 22.3 Å². The van der Waals surface area contributed by atoms with E-state index in [-0.39, 0.29) is 6.54 Å². The molecule has 0 spiro atoms. The maximum absolute atomic E-state index is 11.0. The van der Waals surface area contributed by atoms with Crippen molar-refractivity contribution < 1.29 is 9.90 Å². The predicted octanol–water partition coefficient (Wildman–Crippen LogP) is 3.62. The maximum atomic E-state index is 11.0. The number of aryl methyl sites for hydroxylation is 2. The minimum absolute atomic E-state index is 0.232. The summed E-state index contributed by atoms with van der Waals surface area (Å²) in [5.74, 6) is -0.765. The van der Waals surface area contributed by atoms with Crippen LogP contribution in [-0.2, 0) is 11.2 Å². The molecule has 0 saturated carbocycles. The minimum Gasteiger partial charge on any atom is -0.481 e. The maximum Gasteiger partial charge on any atom is 0.307 e. The van der Waals surface area contributed by atoms with Crippen molar-refractivity contribution in [2.75, 3.05) is 6.54 Å². The van der Waals surface area contributed by atoms with Crippen molar-refractivity contribution >= 4 is 5.97 Å². The van der Waals surface area contributed by atoms with E-state index in [0.717, 1.165) is 19.3 Å². The highest BCUT2D eigenvalue weighted by atomic mass is 16.4. The van der Waals surface area contributed by atoms with Crippen molar-refractivity contribution in [2.24, 2.45) is 17.6 Å². The zero-order valence-electron chi connectivity index (χ0n) is 13.8. The number of carbonyl (C=O) groups is 1. The van der Waals surface area contributed by atoms with Gasteiger partial charge in [-0.1, -0.05) is 25.5 Å². The Morgan fingerprint density at radius 2 is 1.90 bits per heavy atom. The third-order valence-electron chi connectivity index (χ3n) is 4.63. The highest BCUT2D eigenvalue weighted by Gasteiger charge is 2.18. The normalized spacial score (nSPS) is 14.0. The van der Waals surface area contributed by atoms with Gasteiger partial charge >= 0.3 is 5.97 Å². The van der Waals surface area contributed by atoms with Crippen LogP contribution in [0.4, 0.5) is 0 Å². The number of nitrogens with two attached hydrogens (primary N) is 1. The van der Waals surface area contributed by atoms with Crippen LogP contribution >= 0.6 is 0 Å². The van der Waals surface area contributed by atoms with Crippen molar-refractivity contribution in [3.05, 3.63) is 34.4 Å². The summed E-state index contributed by atoms with van der Waals surface area (Å²) in [6.07, 6.45) is 3.90. The largest absolute Gasteiger partial charge is 0.481 e. The summed E-state index contributed by atoms with van der Waals surface area (Å²) in [6.45, 7) is 8.87. The summed E-state index contributed by atoms with van der Waals surface area (Å²) in [5.41, 5.74) is 11.1. The Hall–Kier alpha value is -1.35. The molecular weight excluding hydrogens is 262 g/mol. The summed E-state index contributed by atoms with van der Waals surface area (Å²) in [4.78, 5) is 11.0. The van der Waals surface area contributed by atoms with Crippen molar-refractivity contribution in [1.29, 1.82) is 0 Å². The molecule has 0 aliphatic carbocycles. The molecule has 0 fully saturated rings. The van der Waals surface area contributed by atoms with Gasteiger partial charge in [-0.3, -0.25) is 4.79 Å². The lowest BCUT2D eigenvalue weighted by atomic mass is 9.90. The van der Waals surface area contributed by atoms with E-state index in [4.69, 9.17) is 10.8 Å². The summed E-state index contributed by atoms with van der Waals surface area (Å²) in [5, 5.41) is 9.04. The smallest absolute Gasteiger partial charge is 0.307 e. The fourth-order valence-electron chi connectivity index (χ4n) is 2.83. The molecule has 0 bridgehead atoms. The van der Waals surface area contributed by atoms with Gasteiger partial charge < -0.3 is 10.8 Å². The quantitative estimate of drug-likeness (QED) is 0.769. The Kier molecular flexibility index (Phi) is 6.90. The number of rotatable bonds is 8. The third kappa shape index (κ3) is 5.16. The number of hydrogen-bond donors (Lipinski definition) is 2. The van der Waals surface area contributed by atoms with Gasteiger partial charge in [0.25, 0.3) is 0 Å². The van der Waals surface area contributed by atoms with E-state index < -0.39 is 11.9 Å². The van der Waals surface area contributed by atoms with Gasteiger partial charge in [0.05, 0.1) is 5.92 Å². The fraction of sp³-hybridized carbons (Fsp3) is 0.611. The van der Waals surface area contributed by atoms with Gasteiger partial charge in [0.1, 0.15) is 0 Å². The molecule has 0 aliphatic rings. The number of carboxylic acid groups (broad SMARTS) is 1. The number of benzene rings is 1. The van der Waals surface area contributed by atoms with Crippen LogP contribution in [0, 0.1) is 32.6 Å². The standard InChI is InChI=1S/C18H29NO2/c1-12(10-17(11-19)18(20)21)6-5-7-16-9-8-13(2)14(3)15(16)4/h8-9,12,17H,5-7,10-11,19H2,1-4H3,(H,20,21). The van der Waals surface area contributed by atoms with Crippen LogP contribution in [0.2, 0.25) is 0 Å². The first-order valence-corrected chi connectivity index (χ1v) is 7.85. The minimum atomic E-state index is -0.769. The molecule has 0 heterocycles. The molecule has 3 nitrogen and oxygen atoms in total. The highest BCUT2D eigenvalue weighted by Crippen LogP contribution is 2.22. The van der Waals surface area contributed by atoms with Gasteiger partial charge in [0.15, 0.2) is 0 Å². The molecular formula is C18H29NO2. The Labute approximate surface area is 128 Å². The van der Waals surface area contributed by atoms with E-state index in [1.807, 2.05) is 0 Å². The molecule has 2 unspecified atom stereocenters. The van der Waals surface area contributed by atoms with Gasteiger partial charge in [0, 0.05) is 6.54 Å². The Bertz CT molecular complexity index is 482. The van der Waals surface area contributed by atoms with Crippen LogP contribution in [0.5, 0.6) is 0 Å². The van der Waals surface area contributed by atoms with Gasteiger partial charge in [-0.15, -0.1) is 0 Å². The zero-order valence-corrected chi connectivity index (χ0v) is 13.8. The van der Waals surface area contributed by atoms with Crippen molar-refractivity contribution in [3.63, 3.8) is 0 Å². The molecule has 1 aromatic carbocycles. The van der Waals surface area contributed by atoms with E-state index in [9.17, 15) is 4.79 Å². The molecule has 0 radical (unpaired) electrons. The molecule has 118 valence electrons. The number of carboxylic acids is 1. The van der Waals surface area contributed by atoms with Gasteiger partial charge in [-0.25, -0.2) is 0 Å². The molecule has 2 atom stereocenters. The molecule has 0 saturated heterocycles. The van der Waals surface area contributed by atoms with Crippen LogP contribution in [0.15, 0.2) is 12.1 Å². The van der Waals surface area contributed by atoms with Crippen LogP contribution in [0.1, 0.15) is 48.4 Å². The average Bonchev–Trinajstić information content (AvgIpc) is 2.44. The van der Waals surface area contributed by atoms with Crippen LogP contribution in [-0.4, -0.2) is 17.6 Å². The molecule has 3 heteroatoms. The monoisotopic (exact) mass is 291 g/mol. The van der Waals surface area contributed by atoms with Gasteiger partial charge in [-0.05, 0) is 68.2 Å². The zero-order chi connectivity index (χ0) is 16.0. The molecule has 0 aliphatic heterocycles. The summed E-state index contributed by atoms with van der Waals surface area (Å²) in [7, 11) is 0. The first kappa shape index (κ1) is 17.7. The third-order valence-corrected chi connectivity index (χ3v) is 4.63. The Morgan fingerprint density at radius 1 is 1.24 bits per heavy atom. The highest BCUT2D eigenvalue weighted by molar-refractivity contribution is 5.70. The molecule has 0 aromatic heterocycles.